The summed E-state index contributed by atoms with van der Waals surface area (Å²) in [5.74, 6) is -1.08. The molecule has 0 fully saturated rings. The summed E-state index contributed by atoms with van der Waals surface area (Å²) >= 11 is 0. The van der Waals surface area contributed by atoms with Gasteiger partial charge in [-0.05, 0) is 42.3 Å². The van der Waals surface area contributed by atoms with E-state index >= 15 is 0 Å². The third kappa shape index (κ3) is 3.51. The lowest BCUT2D eigenvalue weighted by molar-refractivity contribution is 0.304. The van der Waals surface area contributed by atoms with Gasteiger partial charge >= 0.3 is 0 Å². The highest BCUT2D eigenvalue weighted by molar-refractivity contribution is 5.30. The molecule has 0 aliphatic rings. The second-order valence-electron chi connectivity index (χ2n) is 4.40. The topological polar surface area (TPSA) is 35.2 Å². The van der Waals surface area contributed by atoms with E-state index in [4.69, 9.17) is 10.5 Å². The first kappa shape index (κ1) is 13.5. The molecule has 0 aliphatic heterocycles. The molecule has 0 saturated heterocycles. The first-order valence-electron chi connectivity index (χ1n) is 5.98. The van der Waals surface area contributed by atoms with Crippen LogP contribution >= 0.6 is 0 Å². The summed E-state index contributed by atoms with van der Waals surface area (Å²) in [5, 5.41) is 0. The monoisotopic (exact) mass is 263 g/mol. The van der Waals surface area contributed by atoms with Crippen molar-refractivity contribution >= 4 is 0 Å². The highest BCUT2D eigenvalue weighted by Gasteiger charge is 2.04. The Morgan fingerprint density at radius 3 is 2.58 bits per heavy atom. The largest absolute Gasteiger partial charge is 0.489 e. The molecule has 0 spiro atoms. The quantitative estimate of drug-likeness (QED) is 0.915. The number of hydrogen-bond acceptors (Lipinski definition) is 2. The van der Waals surface area contributed by atoms with E-state index in [1.807, 2.05) is 25.1 Å². The maximum atomic E-state index is 13.0. The summed E-state index contributed by atoms with van der Waals surface area (Å²) in [4.78, 5) is 0. The van der Waals surface area contributed by atoms with Crippen LogP contribution in [0.4, 0.5) is 8.78 Å². The molecule has 2 nitrogen and oxygen atoms in total. The van der Waals surface area contributed by atoms with Gasteiger partial charge in [-0.1, -0.05) is 18.2 Å². The molecule has 0 unspecified atom stereocenters. The van der Waals surface area contributed by atoms with E-state index in [1.165, 1.54) is 6.07 Å². The van der Waals surface area contributed by atoms with E-state index < -0.39 is 11.6 Å². The Morgan fingerprint density at radius 1 is 1.11 bits per heavy atom. The van der Waals surface area contributed by atoms with E-state index in [0.29, 0.717) is 11.3 Å². The summed E-state index contributed by atoms with van der Waals surface area (Å²) in [6, 6.07) is 11.0. The molecule has 100 valence electrons. The van der Waals surface area contributed by atoms with Gasteiger partial charge in [-0.2, -0.15) is 0 Å². The average molecular weight is 263 g/mol. The van der Waals surface area contributed by atoms with Crippen LogP contribution in [0, 0.1) is 11.6 Å². The van der Waals surface area contributed by atoms with E-state index in [1.54, 1.807) is 6.07 Å². The highest BCUT2D eigenvalue weighted by atomic mass is 19.2. The number of benzene rings is 2. The molecule has 19 heavy (non-hydrogen) atoms. The van der Waals surface area contributed by atoms with Crippen LogP contribution in [0.2, 0.25) is 0 Å². The molecule has 2 aromatic carbocycles. The molecule has 4 heteroatoms. The molecule has 0 radical (unpaired) electrons. The zero-order valence-electron chi connectivity index (χ0n) is 10.6. The normalized spacial score (nSPS) is 12.2. The van der Waals surface area contributed by atoms with Gasteiger partial charge in [0.15, 0.2) is 11.6 Å². The van der Waals surface area contributed by atoms with Crippen LogP contribution in [0.25, 0.3) is 0 Å². The van der Waals surface area contributed by atoms with Crippen molar-refractivity contribution in [1.82, 2.24) is 0 Å². The van der Waals surface area contributed by atoms with Gasteiger partial charge in [0.05, 0.1) is 0 Å². The minimum Gasteiger partial charge on any atom is -0.489 e. The third-order valence-corrected chi connectivity index (χ3v) is 2.77. The number of ether oxygens (including phenoxy) is 1. The first-order valence-corrected chi connectivity index (χ1v) is 5.98. The Balaban J connectivity index is 2.05. The van der Waals surface area contributed by atoms with Gasteiger partial charge < -0.3 is 10.5 Å². The number of hydrogen-bond donors (Lipinski definition) is 1. The minimum atomic E-state index is -0.870. The lowest BCUT2D eigenvalue weighted by Crippen LogP contribution is -2.05. The molecule has 2 N–H and O–H groups in total. The van der Waals surface area contributed by atoms with Crippen LogP contribution in [-0.2, 0) is 6.61 Å². The Bertz CT molecular complexity index is 570. The molecule has 2 rings (SSSR count). The van der Waals surface area contributed by atoms with Gasteiger partial charge in [0.2, 0.25) is 0 Å². The smallest absolute Gasteiger partial charge is 0.159 e. The summed E-state index contributed by atoms with van der Waals surface area (Å²) in [6.07, 6.45) is 0. The van der Waals surface area contributed by atoms with Crippen molar-refractivity contribution in [2.75, 3.05) is 0 Å². The van der Waals surface area contributed by atoms with Crippen molar-refractivity contribution in [3.63, 3.8) is 0 Å². The number of halogens is 2. The molecular formula is C15H15F2NO. The van der Waals surface area contributed by atoms with Crippen molar-refractivity contribution < 1.29 is 13.5 Å². The van der Waals surface area contributed by atoms with Gasteiger partial charge in [-0.15, -0.1) is 0 Å². The molecular weight excluding hydrogens is 248 g/mol. The molecule has 1 atom stereocenters. The van der Waals surface area contributed by atoms with E-state index in [0.717, 1.165) is 17.7 Å². The number of nitrogens with two attached hydrogens (primary N) is 1. The zero-order valence-corrected chi connectivity index (χ0v) is 10.6. The van der Waals surface area contributed by atoms with Crippen LogP contribution in [0.5, 0.6) is 5.75 Å². The summed E-state index contributed by atoms with van der Waals surface area (Å²) in [5.41, 5.74) is 7.31. The van der Waals surface area contributed by atoms with E-state index in [9.17, 15) is 8.78 Å². The van der Waals surface area contributed by atoms with Crippen molar-refractivity contribution in [2.45, 2.75) is 19.6 Å². The highest BCUT2D eigenvalue weighted by Crippen LogP contribution is 2.19. The zero-order chi connectivity index (χ0) is 13.8. The standard InChI is InChI=1S/C15H15F2NO/c1-10(18)12-3-2-4-13(8-12)19-9-11-5-6-14(16)15(17)7-11/h2-8,10H,9,18H2,1H3/t10-/m0/s1. The van der Waals surface area contributed by atoms with Crippen molar-refractivity contribution in [1.29, 1.82) is 0 Å². The van der Waals surface area contributed by atoms with Gasteiger partial charge in [0.25, 0.3) is 0 Å². The lowest BCUT2D eigenvalue weighted by atomic mass is 10.1. The second kappa shape index (κ2) is 5.80. The lowest BCUT2D eigenvalue weighted by Gasteiger charge is -2.10. The van der Waals surface area contributed by atoms with Crippen LogP contribution in [-0.4, -0.2) is 0 Å². The molecule has 0 saturated carbocycles. The van der Waals surface area contributed by atoms with E-state index in [2.05, 4.69) is 0 Å². The maximum Gasteiger partial charge on any atom is 0.159 e. The predicted octanol–water partition coefficient (Wildman–Crippen LogP) is 3.56. The van der Waals surface area contributed by atoms with Gasteiger partial charge in [0, 0.05) is 6.04 Å². The minimum absolute atomic E-state index is 0.0770. The maximum absolute atomic E-state index is 13.0. The molecule has 0 amide bonds. The Labute approximate surface area is 110 Å². The Morgan fingerprint density at radius 2 is 1.89 bits per heavy atom. The van der Waals surface area contributed by atoms with Crippen LogP contribution in [0.3, 0.4) is 0 Å². The average Bonchev–Trinajstić information content (AvgIpc) is 2.40. The Kier molecular flexibility index (Phi) is 4.12. The first-order chi connectivity index (χ1) is 9.06. The summed E-state index contributed by atoms with van der Waals surface area (Å²) in [7, 11) is 0. The summed E-state index contributed by atoms with van der Waals surface area (Å²) < 4.78 is 31.3. The van der Waals surface area contributed by atoms with Gasteiger partial charge in [-0.3, -0.25) is 0 Å². The predicted molar refractivity (Wildman–Crippen MR) is 69.7 cm³/mol. The fraction of sp³-hybridized carbons (Fsp3) is 0.200. The van der Waals surface area contributed by atoms with Crippen LogP contribution in [0.1, 0.15) is 24.1 Å². The van der Waals surface area contributed by atoms with Crippen molar-refractivity contribution in [3.05, 3.63) is 65.2 Å². The van der Waals surface area contributed by atoms with Gasteiger partial charge in [-0.25, -0.2) is 8.78 Å². The molecule has 0 aliphatic carbocycles. The SMILES string of the molecule is C[C@H](N)c1cccc(OCc2ccc(F)c(F)c2)c1. The molecule has 0 aromatic heterocycles. The number of rotatable bonds is 4. The van der Waals surface area contributed by atoms with Crippen molar-refractivity contribution in [3.8, 4) is 5.75 Å². The van der Waals surface area contributed by atoms with Crippen LogP contribution in [0.15, 0.2) is 42.5 Å². The molecule has 0 bridgehead atoms. The fourth-order valence-electron chi connectivity index (χ4n) is 1.68. The van der Waals surface area contributed by atoms with Crippen LogP contribution < -0.4 is 10.5 Å². The summed E-state index contributed by atoms with van der Waals surface area (Å²) in [6.45, 7) is 2.06. The van der Waals surface area contributed by atoms with Crippen molar-refractivity contribution in [2.24, 2.45) is 5.73 Å². The van der Waals surface area contributed by atoms with Gasteiger partial charge in [0.1, 0.15) is 12.4 Å². The van der Waals surface area contributed by atoms with E-state index in [-0.39, 0.29) is 12.6 Å². The Hall–Kier alpha value is -1.94. The molecule has 0 heterocycles. The molecule has 2 aromatic rings. The fourth-order valence-corrected chi connectivity index (χ4v) is 1.68. The third-order valence-electron chi connectivity index (χ3n) is 2.77. The second-order valence-corrected chi connectivity index (χ2v) is 4.40.